The molecular weight excluding hydrogens is 356 g/mol. The highest BCUT2D eigenvalue weighted by atomic mass is 32.1. The summed E-state index contributed by atoms with van der Waals surface area (Å²) in [6.07, 6.45) is -9.78. The summed E-state index contributed by atoms with van der Waals surface area (Å²) in [5.74, 6) is 0. The Morgan fingerprint density at radius 3 is 1.79 bits per heavy atom. The molecule has 0 aliphatic rings. The number of anilines is 1. The second kappa shape index (κ2) is 7.14. The number of halogens is 6. The smallest absolute Gasteiger partial charge is 0.357 e. The van der Waals surface area contributed by atoms with Crippen LogP contribution in [0.1, 0.15) is 11.1 Å². The fourth-order valence-corrected chi connectivity index (χ4v) is 1.93. The summed E-state index contributed by atoms with van der Waals surface area (Å²) in [6.45, 7) is 1.08. The van der Waals surface area contributed by atoms with Crippen LogP contribution in [0.2, 0.25) is 0 Å². The number of rotatable bonds is 4. The van der Waals surface area contributed by atoms with E-state index in [4.69, 9.17) is 12.2 Å². The van der Waals surface area contributed by atoms with E-state index in [-0.39, 0.29) is 16.9 Å². The Morgan fingerprint density at radius 1 is 0.958 bits per heavy atom. The van der Waals surface area contributed by atoms with Gasteiger partial charge in [-0.3, -0.25) is 0 Å². The molecule has 1 rings (SSSR count). The molecule has 1 aromatic carbocycles. The van der Waals surface area contributed by atoms with Gasteiger partial charge in [0.05, 0.1) is 45.4 Å². The molecule has 0 bridgehead atoms. The van der Waals surface area contributed by atoms with E-state index in [0.29, 0.717) is 29.7 Å². The Kier molecular flexibility index (Phi) is 6.10. The van der Waals surface area contributed by atoms with E-state index >= 15 is 0 Å². The lowest BCUT2D eigenvalue weighted by Gasteiger charge is -2.24. The number of hydrogen-bond acceptors (Lipinski definition) is 1. The molecule has 0 atom stereocenters. The molecule has 24 heavy (non-hydrogen) atoms. The van der Waals surface area contributed by atoms with Crippen LogP contribution in [0.4, 0.5) is 32.0 Å². The van der Waals surface area contributed by atoms with Crippen LogP contribution >= 0.6 is 12.2 Å². The Hall–Kier alpha value is -1.55. The zero-order chi connectivity index (χ0) is 18.8. The number of alkyl halides is 6. The molecule has 10 heteroatoms. The van der Waals surface area contributed by atoms with Crippen molar-refractivity contribution in [1.82, 2.24) is 5.32 Å². The molecule has 0 aliphatic carbocycles. The number of thiocarbonyl (C=S) groups is 1. The van der Waals surface area contributed by atoms with E-state index in [2.05, 4.69) is 10.6 Å². The van der Waals surface area contributed by atoms with Crippen LogP contribution in [0.3, 0.4) is 0 Å². The number of nitrogens with one attached hydrogen (secondary N) is 2. The van der Waals surface area contributed by atoms with Crippen molar-refractivity contribution in [3.8, 4) is 0 Å². The Labute approximate surface area is 141 Å². The van der Waals surface area contributed by atoms with Gasteiger partial charge in [-0.05, 0) is 30.4 Å². The third-order valence-corrected chi connectivity index (χ3v) is 3.16. The molecule has 0 saturated heterocycles. The molecule has 1 aromatic rings. The molecule has 0 spiro atoms. The van der Waals surface area contributed by atoms with Gasteiger partial charge < -0.3 is 15.1 Å². The van der Waals surface area contributed by atoms with Crippen LogP contribution < -0.4 is 10.6 Å². The lowest BCUT2D eigenvalue weighted by Crippen LogP contribution is -2.42. The summed E-state index contributed by atoms with van der Waals surface area (Å²) in [5, 5.41) is 5.07. The molecule has 0 amide bonds. The Balaban J connectivity index is 2.92. The molecule has 0 fully saturated rings. The van der Waals surface area contributed by atoms with Crippen molar-refractivity contribution in [3.05, 3.63) is 29.3 Å². The van der Waals surface area contributed by atoms with Gasteiger partial charge >= 0.3 is 12.4 Å². The monoisotopic (exact) mass is 374 g/mol. The van der Waals surface area contributed by atoms with Crippen molar-refractivity contribution >= 4 is 23.0 Å². The van der Waals surface area contributed by atoms with Gasteiger partial charge in [0.15, 0.2) is 5.11 Å². The maximum Gasteiger partial charge on any atom is 0.416 e. The van der Waals surface area contributed by atoms with Crippen molar-refractivity contribution in [2.75, 3.05) is 39.5 Å². The van der Waals surface area contributed by atoms with Gasteiger partial charge in [-0.1, -0.05) is 0 Å². The van der Waals surface area contributed by atoms with Crippen LogP contribution in [0, 0.1) is 0 Å². The molecular formula is C14H18F6N3S+. The molecule has 0 unspecified atom stereocenters. The topological polar surface area (TPSA) is 24.1 Å². The minimum atomic E-state index is -4.89. The third kappa shape index (κ3) is 6.91. The van der Waals surface area contributed by atoms with Gasteiger partial charge in [0.1, 0.15) is 0 Å². The fourth-order valence-electron chi connectivity index (χ4n) is 1.71. The summed E-state index contributed by atoms with van der Waals surface area (Å²) in [6, 6.07) is 1.24. The minimum Gasteiger partial charge on any atom is -0.357 e. The van der Waals surface area contributed by atoms with Crippen LogP contribution in [-0.2, 0) is 12.4 Å². The first-order valence-corrected chi connectivity index (χ1v) is 7.24. The highest BCUT2D eigenvalue weighted by Crippen LogP contribution is 2.37. The van der Waals surface area contributed by atoms with Crippen LogP contribution in [0.5, 0.6) is 0 Å². The van der Waals surface area contributed by atoms with E-state index in [1.165, 1.54) is 0 Å². The zero-order valence-corrected chi connectivity index (χ0v) is 14.1. The quantitative estimate of drug-likeness (QED) is 0.477. The van der Waals surface area contributed by atoms with Gasteiger partial charge in [0.25, 0.3) is 0 Å². The average Bonchev–Trinajstić information content (AvgIpc) is 2.34. The molecule has 0 aromatic heterocycles. The average molecular weight is 374 g/mol. The van der Waals surface area contributed by atoms with Crippen molar-refractivity contribution in [3.63, 3.8) is 0 Å². The van der Waals surface area contributed by atoms with Gasteiger partial charge in [-0.2, -0.15) is 26.3 Å². The predicted octanol–water partition coefficient (Wildman–Crippen LogP) is 3.72. The first-order chi connectivity index (χ1) is 10.7. The second-order valence-electron chi connectivity index (χ2n) is 6.19. The molecule has 3 nitrogen and oxygen atoms in total. The van der Waals surface area contributed by atoms with E-state index in [9.17, 15) is 26.3 Å². The van der Waals surface area contributed by atoms with E-state index in [1.807, 2.05) is 21.1 Å². The number of likely N-dealkylation sites (N-methyl/N-ethyl adjacent to an activating group) is 1. The van der Waals surface area contributed by atoms with Crippen molar-refractivity contribution in [1.29, 1.82) is 0 Å². The molecule has 0 heterocycles. The minimum absolute atomic E-state index is 0.0455. The maximum absolute atomic E-state index is 12.8. The number of quaternary nitrogens is 1. The van der Waals surface area contributed by atoms with Gasteiger partial charge in [-0.25, -0.2) is 0 Å². The Morgan fingerprint density at radius 2 is 1.42 bits per heavy atom. The largest absolute Gasteiger partial charge is 0.416 e. The van der Waals surface area contributed by atoms with E-state index in [0.717, 1.165) is 0 Å². The Bertz CT molecular complexity index is 557. The molecule has 2 N–H and O–H groups in total. The number of hydrogen-bond donors (Lipinski definition) is 2. The fraction of sp³-hybridized carbons (Fsp3) is 0.500. The highest BCUT2D eigenvalue weighted by Gasteiger charge is 2.37. The summed E-state index contributed by atoms with van der Waals surface area (Å²) in [7, 11) is 5.79. The predicted molar refractivity (Wildman–Crippen MR) is 83.6 cm³/mol. The van der Waals surface area contributed by atoms with Crippen LogP contribution in [-0.4, -0.2) is 43.8 Å². The maximum atomic E-state index is 12.8. The molecule has 0 aliphatic heterocycles. The second-order valence-corrected chi connectivity index (χ2v) is 6.60. The first-order valence-electron chi connectivity index (χ1n) is 6.83. The summed E-state index contributed by atoms with van der Waals surface area (Å²) < 4.78 is 77.2. The first kappa shape index (κ1) is 20.5. The van der Waals surface area contributed by atoms with Gasteiger partial charge in [0.2, 0.25) is 0 Å². The van der Waals surface area contributed by atoms with Gasteiger partial charge in [-0.15, -0.1) is 0 Å². The standard InChI is InChI=1S/C14H17F6N3S/c1-23(2,3)5-4-21-12(24)22-11-7-9(13(15,16)17)6-10(8-11)14(18,19)20/h6-8H,4-5H2,1-3H3,(H-,21,22,24)/p+1. The number of benzene rings is 1. The summed E-state index contributed by atoms with van der Waals surface area (Å²) in [5.41, 5.74) is -3.16. The lowest BCUT2D eigenvalue weighted by molar-refractivity contribution is -0.869. The zero-order valence-electron chi connectivity index (χ0n) is 13.3. The van der Waals surface area contributed by atoms with Crippen molar-refractivity contribution < 1.29 is 30.8 Å². The van der Waals surface area contributed by atoms with Crippen molar-refractivity contribution in [2.45, 2.75) is 12.4 Å². The normalized spacial score (nSPS) is 12.9. The SMILES string of the molecule is C[N+](C)(C)CCNC(=S)Nc1cc(C(F)(F)F)cc(C(F)(F)F)c1. The van der Waals surface area contributed by atoms with Crippen LogP contribution in [0.15, 0.2) is 18.2 Å². The van der Waals surface area contributed by atoms with E-state index < -0.39 is 23.5 Å². The summed E-state index contributed by atoms with van der Waals surface area (Å²) >= 11 is 4.91. The lowest BCUT2D eigenvalue weighted by atomic mass is 10.1. The third-order valence-electron chi connectivity index (χ3n) is 2.91. The molecule has 0 saturated carbocycles. The van der Waals surface area contributed by atoms with Crippen LogP contribution in [0.25, 0.3) is 0 Å². The van der Waals surface area contributed by atoms with Crippen molar-refractivity contribution in [2.24, 2.45) is 0 Å². The van der Waals surface area contributed by atoms with Gasteiger partial charge in [0, 0.05) is 5.69 Å². The molecule has 136 valence electrons. The van der Waals surface area contributed by atoms with E-state index in [1.54, 1.807) is 0 Å². The molecule has 0 radical (unpaired) electrons. The highest BCUT2D eigenvalue weighted by molar-refractivity contribution is 7.80. The summed E-state index contributed by atoms with van der Waals surface area (Å²) in [4.78, 5) is 0. The number of nitrogens with zero attached hydrogens (tertiary/aromatic N) is 1.